The molecule has 0 heterocycles. The smallest absolute Gasteiger partial charge is 1.00 e. The Morgan fingerprint density at radius 2 is 2.12 bits per heavy atom. The molecule has 0 saturated heterocycles. The molecular weight excluding hydrogens is 151 g/mol. The van der Waals surface area contributed by atoms with Crippen molar-refractivity contribution in [1.82, 2.24) is 0 Å². The van der Waals surface area contributed by atoms with Gasteiger partial charge in [-0.15, -0.1) is 0 Å². The molecule has 44 valence electrons. The van der Waals surface area contributed by atoms with Gasteiger partial charge in [0.15, 0.2) is 0 Å². The van der Waals surface area contributed by atoms with Gasteiger partial charge in [-0.25, -0.2) is 0 Å². The third kappa shape index (κ3) is 10.3. The molecule has 0 aliphatic carbocycles. The second-order valence-electron chi connectivity index (χ2n) is 1.43. The molecule has 0 unspecified atom stereocenters. The van der Waals surface area contributed by atoms with E-state index in [1.165, 1.54) is 0 Å². The van der Waals surface area contributed by atoms with E-state index < -0.39 is 0 Å². The summed E-state index contributed by atoms with van der Waals surface area (Å²) in [6.45, 7) is 3.81. The van der Waals surface area contributed by atoms with E-state index in [0.717, 1.165) is 0 Å². The van der Waals surface area contributed by atoms with Gasteiger partial charge in [0, 0.05) is 0 Å². The zero-order valence-corrected chi connectivity index (χ0v) is 9.05. The summed E-state index contributed by atoms with van der Waals surface area (Å²) < 4.78 is 5.16. The molecule has 0 aromatic rings. The number of ether oxygens (including phenoxy) is 1. The molecule has 8 heavy (non-hydrogen) atoms. The maximum absolute atomic E-state index is 4.85. The Morgan fingerprint density at radius 1 is 1.75 bits per heavy atom. The first-order chi connectivity index (χ1) is 3.13. The third-order valence-electron chi connectivity index (χ3n) is 0.337. The van der Waals surface area contributed by atoms with Gasteiger partial charge >= 0.3 is 29.6 Å². The molecule has 0 radical (unpaired) electrons. The Hall–Kier alpha value is 1.24. The van der Waals surface area contributed by atoms with Crippen molar-refractivity contribution in [3.05, 3.63) is 0 Å². The Balaban J connectivity index is -0.000000180. The first kappa shape index (κ1) is 12.0. The molecule has 0 atom stereocenters. The van der Waals surface area contributed by atoms with E-state index >= 15 is 0 Å². The molecule has 1 nitrogen and oxygen atoms in total. The number of thiocarbonyl (C=S) groups is 1. The van der Waals surface area contributed by atoms with E-state index in [1.54, 1.807) is 0 Å². The van der Waals surface area contributed by atoms with Crippen LogP contribution in [0.5, 0.6) is 0 Å². The molecule has 0 aliphatic rings. The maximum atomic E-state index is 4.85. The summed E-state index contributed by atoms with van der Waals surface area (Å²) in [5.74, 6) is 0. The number of hydrogen-bond donors (Lipinski definition) is 1. The van der Waals surface area contributed by atoms with Crippen molar-refractivity contribution in [1.29, 1.82) is 0 Å². The van der Waals surface area contributed by atoms with Gasteiger partial charge in [0.2, 0.25) is 4.38 Å². The van der Waals surface area contributed by atoms with Gasteiger partial charge in [0.25, 0.3) is 0 Å². The van der Waals surface area contributed by atoms with Crippen LogP contribution in [0.2, 0.25) is 0 Å². The fourth-order valence-electron chi connectivity index (χ4n) is 0.202. The van der Waals surface area contributed by atoms with E-state index in [2.05, 4.69) is 24.8 Å². The van der Waals surface area contributed by atoms with Gasteiger partial charge in [-0.05, 0) is 26.1 Å². The third-order valence-corrected chi connectivity index (χ3v) is 0.538. The van der Waals surface area contributed by atoms with E-state index in [-0.39, 0.29) is 37.1 Å². The van der Waals surface area contributed by atoms with Crippen LogP contribution in [0.15, 0.2) is 0 Å². The first-order valence-corrected chi connectivity index (χ1v) is 2.88. The Labute approximate surface area is 84.4 Å². The van der Waals surface area contributed by atoms with Crippen molar-refractivity contribution in [2.75, 3.05) is 0 Å². The topological polar surface area (TPSA) is 9.23 Å². The van der Waals surface area contributed by atoms with Crippen LogP contribution in [0.4, 0.5) is 0 Å². The number of rotatable bonds is 1. The minimum atomic E-state index is 0. The number of hydrogen-bond acceptors (Lipinski definition) is 2. The fourth-order valence-corrected chi connectivity index (χ4v) is 0.605. The molecule has 0 fully saturated rings. The summed E-state index contributed by atoms with van der Waals surface area (Å²) in [5.41, 5.74) is 0. The second-order valence-corrected chi connectivity index (χ2v) is 2.51. The van der Waals surface area contributed by atoms with Crippen LogP contribution in [-0.2, 0) is 4.74 Å². The van der Waals surface area contributed by atoms with Crippen LogP contribution >= 0.6 is 24.8 Å². The minimum Gasteiger partial charge on any atom is -1.00 e. The fraction of sp³-hybridized carbons (Fsp3) is 0.750. The van der Waals surface area contributed by atoms with Crippen LogP contribution in [0.25, 0.3) is 0 Å². The van der Waals surface area contributed by atoms with Gasteiger partial charge in [-0.1, -0.05) is 12.6 Å². The summed E-state index contributed by atoms with van der Waals surface area (Å²) in [7, 11) is 0. The van der Waals surface area contributed by atoms with Crippen molar-refractivity contribution in [3.63, 3.8) is 0 Å². The normalized spacial score (nSPS) is 8.00. The Morgan fingerprint density at radius 3 is 2.12 bits per heavy atom. The second kappa shape index (κ2) is 6.36. The zero-order valence-electron chi connectivity index (χ0n) is 6.34. The molecule has 0 bridgehead atoms. The maximum Gasteiger partial charge on any atom is 1.00 e. The molecule has 0 aromatic carbocycles. The van der Waals surface area contributed by atoms with Crippen molar-refractivity contribution in [3.8, 4) is 0 Å². The molecule has 0 rings (SSSR count). The van der Waals surface area contributed by atoms with E-state index in [0.29, 0.717) is 4.38 Å². The van der Waals surface area contributed by atoms with Crippen molar-refractivity contribution in [2.24, 2.45) is 0 Å². The zero-order chi connectivity index (χ0) is 5.86. The monoisotopic (exact) mass is 160 g/mol. The van der Waals surface area contributed by atoms with E-state index in [4.69, 9.17) is 4.74 Å². The van der Waals surface area contributed by atoms with E-state index in [1.807, 2.05) is 13.8 Å². The predicted octanol–water partition coefficient (Wildman–Crippen LogP) is -1.26. The van der Waals surface area contributed by atoms with Crippen LogP contribution in [0, 0.1) is 0 Å². The van der Waals surface area contributed by atoms with Gasteiger partial charge in [0.05, 0.1) is 6.10 Å². The van der Waals surface area contributed by atoms with Crippen LogP contribution < -0.4 is 29.6 Å². The van der Waals surface area contributed by atoms with Crippen molar-refractivity contribution < 1.29 is 35.7 Å². The molecule has 4 heteroatoms. The molecule has 0 aromatic heterocycles. The summed E-state index contributed by atoms with van der Waals surface area (Å²) in [6, 6.07) is 0. The standard InChI is InChI=1S/C4H8OS2.Na.H/c1-3(2)5-4(6)7;;/h3H,1-2H3,(H,6,7);;/q;+1;-1. The number of thiol groups is 1. The van der Waals surface area contributed by atoms with Crippen molar-refractivity contribution in [2.45, 2.75) is 20.0 Å². The molecule has 0 spiro atoms. The average molecular weight is 160 g/mol. The quantitative estimate of drug-likeness (QED) is 0.291. The molecule has 0 aliphatic heterocycles. The molecular formula is C4H9NaOS2. The predicted molar refractivity (Wildman–Crippen MR) is 38.9 cm³/mol. The van der Waals surface area contributed by atoms with Crippen molar-refractivity contribution >= 4 is 29.2 Å². The summed E-state index contributed by atoms with van der Waals surface area (Å²) in [4.78, 5) is 0. The van der Waals surface area contributed by atoms with Gasteiger partial charge in [-0.3, -0.25) is 0 Å². The van der Waals surface area contributed by atoms with Gasteiger partial charge < -0.3 is 6.16 Å². The summed E-state index contributed by atoms with van der Waals surface area (Å²) in [6.07, 6.45) is 0.157. The Kier molecular flexibility index (Phi) is 9.52. The van der Waals surface area contributed by atoms with Crippen LogP contribution in [-0.4, -0.2) is 10.5 Å². The largest absolute Gasteiger partial charge is 1.00 e. The SMILES string of the molecule is CC(C)OC(=S)S.[H-].[Na+]. The van der Waals surface area contributed by atoms with Gasteiger partial charge in [-0.2, -0.15) is 0 Å². The van der Waals surface area contributed by atoms with Crippen LogP contribution in [0.3, 0.4) is 0 Å². The minimum absolute atomic E-state index is 0. The molecule has 0 amide bonds. The molecule has 0 N–H and O–H groups in total. The van der Waals surface area contributed by atoms with Gasteiger partial charge in [0.1, 0.15) is 0 Å². The summed E-state index contributed by atoms with van der Waals surface area (Å²) >= 11 is 8.26. The molecule has 0 saturated carbocycles. The first-order valence-electron chi connectivity index (χ1n) is 2.02. The Bertz CT molecular complexity index is 79.0. The average Bonchev–Trinajstić information content (AvgIpc) is 1.27. The van der Waals surface area contributed by atoms with E-state index in [9.17, 15) is 0 Å². The summed E-state index contributed by atoms with van der Waals surface area (Å²) in [5, 5.41) is 0. The van der Waals surface area contributed by atoms with Crippen LogP contribution in [0.1, 0.15) is 15.3 Å².